The van der Waals surface area contributed by atoms with E-state index < -0.39 is 10.0 Å². The van der Waals surface area contributed by atoms with Gasteiger partial charge < -0.3 is 5.32 Å². The van der Waals surface area contributed by atoms with Crippen molar-refractivity contribution in [1.82, 2.24) is 9.62 Å². The lowest BCUT2D eigenvalue weighted by Crippen LogP contribution is -2.37. The fraction of sp³-hybridized carbons (Fsp3) is 0.692. The molecule has 0 saturated heterocycles. The van der Waals surface area contributed by atoms with Crippen LogP contribution in [0.15, 0.2) is 16.3 Å². The molecule has 0 saturated carbocycles. The molecule has 1 heterocycles. The van der Waals surface area contributed by atoms with Crippen LogP contribution in [0.25, 0.3) is 0 Å². The van der Waals surface area contributed by atoms with Crippen molar-refractivity contribution in [2.75, 3.05) is 6.54 Å². The Balaban J connectivity index is 3.05. The second kappa shape index (κ2) is 6.83. The van der Waals surface area contributed by atoms with Crippen LogP contribution in [0.1, 0.15) is 39.5 Å². The Morgan fingerprint density at radius 1 is 1.32 bits per heavy atom. The number of nitrogens with zero attached hydrogens (tertiary/aromatic N) is 1. The highest BCUT2D eigenvalue weighted by molar-refractivity contribution is 7.89. The van der Waals surface area contributed by atoms with Crippen molar-refractivity contribution in [2.45, 2.75) is 58.1 Å². The average molecular weight is 304 g/mol. The Labute approximate surface area is 120 Å². The van der Waals surface area contributed by atoms with Crippen LogP contribution in [0.3, 0.4) is 0 Å². The first-order valence-electron chi connectivity index (χ1n) is 6.62. The van der Waals surface area contributed by atoms with Crippen molar-refractivity contribution in [1.29, 1.82) is 0 Å². The van der Waals surface area contributed by atoms with Gasteiger partial charge in [-0.2, -0.15) is 4.31 Å². The molecule has 0 aliphatic heterocycles. The summed E-state index contributed by atoms with van der Waals surface area (Å²) in [5, 5.41) is 5.12. The highest BCUT2D eigenvalue weighted by Crippen LogP contribution is 2.26. The van der Waals surface area contributed by atoms with E-state index in [1.165, 1.54) is 15.6 Å². The van der Waals surface area contributed by atoms with Gasteiger partial charge >= 0.3 is 0 Å². The van der Waals surface area contributed by atoms with Gasteiger partial charge in [0.2, 0.25) is 10.0 Å². The maximum Gasteiger partial charge on any atom is 0.244 e. The average Bonchev–Trinajstić information content (AvgIpc) is 2.74. The molecule has 1 N–H and O–H groups in total. The fourth-order valence-corrected chi connectivity index (χ4v) is 4.94. The molecule has 0 unspecified atom stereocenters. The molecule has 0 aliphatic rings. The third-order valence-electron chi connectivity index (χ3n) is 2.85. The predicted molar refractivity (Wildman–Crippen MR) is 81.0 cm³/mol. The number of sulfonamides is 1. The normalized spacial score (nSPS) is 12.8. The van der Waals surface area contributed by atoms with Crippen LogP contribution in [-0.4, -0.2) is 31.4 Å². The minimum atomic E-state index is -3.38. The standard InChI is InChI=1S/C13H24N2O2S2/c1-6-15(11(4)5)19(16,17)13-7-8-18-12(13)9-14-10(2)3/h7-8,10-11,14H,6,9H2,1-5H3. The predicted octanol–water partition coefficient (Wildman–Crippen LogP) is 2.67. The zero-order chi connectivity index (χ0) is 14.6. The fourth-order valence-electron chi connectivity index (χ4n) is 1.92. The third kappa shape index (κ3) is 4.02. The molecule has 0 aliphatic carbocycles. The lowest BCUT2D eigenvalue weighted by atomic mass is 10.4. The first-order chi connectivity index (χ1) is 8.80. The molecule has 0 atom stereocenters. The monoisotopic (exact) mass is 304 g/mol. The lowest BCUT2D eigenvalue weighted by Gasteiger charge is -2.24. The highest BCUT2D eigenvalue weighted by atomic mass is 32.2. The van der Waals surface area contributed by atoms with E-state index in [9.17, 15) is 8.42 Å². The number of thiophene rings is 1. The van der Waals surface area contributed by atoms with Crippen LogP contribution in [0.2, 0.25) is 0 Å². The third-order valence-corrected chi connectivity index (χ3v) is 6.14. The molecule has 0 aromatic carbocycles. The van der Waals surface area contributed by atoms with Gasteiger partial charge in [-0.25, -0.2) is 8.42 Å². The maximum atomic E-state index is 12.6. The topological polar surface area (TPSA) is 49.4 Å². The molecule has 1 aromatic heterocycles. The largest absolute Gasteiger partial charge is 0.310 e. The van der Waals surface area contributed by atoms with Gasteiger partial charge in [0, 0.05) is 30.1 Å². The second-order valence-electron chi connectivity index (χ2n) is 5.05. The highest BCUT2D eigenvalue weighted by Gasteiger charge is 2.28. The van der Waals surface area contributed by atoms with Gasteiger partial charge in [-0.1, -0.05) is 20.8 Å². The molecule has 0 radical (unpaired) electrons. The SMILES string of the molecule is CCN(C(C)C)S(=O)(=O)c1ccsc1CNC(C)C. The quantitative estimate of drug-likeness (QED) is 0.842. The van der Waals surface area contributed by atoms with E-state index in [1.807, 2.05) is 40.0 Å². The van der Waals surface area contributed by atoms with Crippen molar-refractivity contribution in [2.24, 2.45) is 0 Å². The lowest BCUT2D eigenvalue weighted by molar-refractivity contribution is 0.369. The minimum absolute atomic E-state index is 0.0270. The first-order valence-corrected chi connectivity index (χ1v) is 8.94. The van der Waals surface area contributed by atoms with Crippen molar-refractivity contribution in [3.8, 4) is 0 Å². The molecular formula is C13H24N2O2S2. The van der Waals surface area contributed by atoms with Crippen LogP contribution in [-0.2, 0) is 16.6 Å². The molecule has 6 heteroatoms. The first kappa shape index (κ1) is 16.6. The van der Waals surface area contributed by atoms with Gasteiger partial charge in [0.05, 0.1) is 4.90 Å². The summed E-state index contributed by atoms with van der Waals surface area (Å²) < 4.78 is 26.8. The van der Waals surface area contributed by atoms with Crippen LogP contribution in [0.5, 0.6) is 0 Å². The molecule has 110 valence electrons. The van der Waals surface area contributed by atoms with E-state index in [0.29, 0.717) is 24.0 Å². The van der Waals surface area contributed by atoms with E-state index in [2.05, 4.69) is 5.32 Å². The Bertz CT molecular complexity index is 492. The number of hydrogen-bond donors (Lipinski definition) is 1. The van der Waals surface area contributed by atoms with Crippen molar-refractivity contribution in [3.63, 3.8) is 0 Å². The molecule has 1 rings (SSSR count). The van der Waals surface area contributed by atoms with Gasteiger partial charge in [-0.3, -0.25) is 0 Å². The molecule has 19 heavy (non-hydrogen) atoms. The molecule has 4 nitrogen and oxygen atoms in total. The van der Waals surface area contributed by atoms with E-state index >= 15 is 0 Å². The summed E-state index contributed by atoms with van der Waals surface area (Å²) in [5.41, 5.74) is 0. The number of rotatable bonds is 7. The molecule has 1 aromatic rings. The van der Waals surface area contributed by atoms with E-state index in [1.54, 1.807) is 6.07 Å². The smallest absolute Gasteiger partial charge is 0.244 e. The van der Waals surface area contributed by atoms with Gasteiger partial charge in [-0.05, 0) is 25.3 Å². The summed E-state index contributed by atoms with van der Waals surface area (Å²) in [4.78, 5) is 1.33. The van der Waals surface area contributed by atoms with Crippen molar-refractivity contribution >= 4 is 21.4 Å². The van der Waals surface area contributed by atoms with E-state index in [4.69, 9.17) is 0 Å². The van der Waals surface area contributed by atoms with Gasteiger partial charge in [0.1, 0.15) is 0 Å². The van der Waals surface area contributed by atoms with Gasteiger partial charge in [0.25, 0.3) is 0 Å². The zero-order valence-corrected chi connectivity index (χ0v) is 13.9. The minimum Gasteiger partial charge on any atom is -0.310 e. The Morgan fingerprint density at radius 2 is 1.95 bits per heavy atom. The Hall–Kier alpha value is -0.430. The van der Waals surface area contributed by atoms with Crippen LogP contribution < -0.4 is 5.32 Å². The number of nitrogens with one attached hydrogen (secondary N) is 1. The molecule has 0 spiro atoms. The summed E-state index contributed by atoms with van der Waals surface area (Å²) in [5.74, 6) is 0. The summed E-state index contributed by atoms with van der Waals surface area (Å²) in [6, 6.07) is 2.02. The molecule has 0 amide bonds. The Kier molecular flexibility index (Phi) is 5.98. The van der Waals surface area contributed by atoms with E-state index in [0.717, 1.165) is 4.88 Å². The summed E-state index contributed by atoms with van der Waals surface area (Å²) >= 11 is 1.49. The summed E-state index contributed by atoms with van der Waals surface area (Å²) in [7, 11) is -3.38. The number of hydrogen-bond acceptors (Lipinski definition) is 4. The summed E-state index contributed by atoms with van der Waals surface area (Å²) in [6.07, 6.45) is 0. The maximum absolute atomic E-state index is 12.6. The van der Waals surface area contributed by atoms with Crippen molar-refractivity contribution < 1.29 is 8.42 Å². The van der Waals surface area contributed by atoms with Crippen LogP contribution >= 0.6 is 11.3 Å². The van der Waals surface area contributed by atoms with E-state index in [-0.39, 0.29) is 6.04 Å². The molecule has 0 bridgehead atoms. The summed E-state index contributed by atoms with van der Waals surface area (Å²) in [6.45, 7) is 10.9. The Morgan fingerprint density at radius 3 is 2.42 bits per heavy atom. The molecule has 0 fully saturated rings. The van der Waals surface area contributed by atoms with Gasteiger partial charge in [-0.15, -0.1) is 11.3 Å². The van der Waals surface area contributed by atoms with Crippen LogP contribution in [0, 0.1) is 0 Å². The van der Waals surface area contributed by atoms with Crippen molar-refractivity contribution in [3.05, 3.63) is 16.3 Å². The van der Waals surface area contributed by atoms with Crippen LogP contribution in [0.4, 0.5) is 0 Å². The second-order valence-corrected chi connectivity index (χ2v) is 7.91. The van der Waals surface area contributed by atoms with Gasteiger partial charge in [0.15, 0.2) is 0 Å². The zero-order valence-electron chi connectivity index (χ0n) is 12.3. The molecular weight excluding hydrogens is 280 g/mol.